The summed E-state index contributed by atoms with van der Waals surface area (Å²) < 4.78 is 14.0. The van der Waals surface area contributed by atoms with Gasteiger partial charge in [0.2, 0.25) is 5.91 Å². The first-order valence-electron chi connectivity index (χ1n) is 10.8. The van der Waals surface area contributed by atoms with Gasteiger partial charge in [0.15, 0.2) is 0 Å². The average molecular weight is 430 g/mol. The lowest BCUT2D eigenvalue weighted by Crippen LogP contribution is -2.51. The third-order valence-electron chi connectivity index (χ3n) is 6.31. The molecule has 2 aliphatic rings. The predicted octanol–water partition coefficient (Wildman–Crippen LogP) is 4.04. The molecule has 0 radical (unpaired) electrons. The van der Waals surface area contributed by atoms with Gasteiger partial charge >= 0.3 is 0 Å². The summed E-state index contributed by atoms with van der Waals surface area (Å²) in [5.41, 5.74) is 1.87. The Labute approximate surface area is 183 Å². The maximum Gasteiger partial charge on any atom is 0.225 e. The van der Waals surface area contributed by atoms with Gasteiger partial charge in [-0.2, -0.15) is 0 Å². The molecule has 1 amide bonds. The highest BCUT2D eigenvalue weighted by molar-refractivity contribution is 6.31. The summed E-state index contributed by atoms with van der Waals surface area (Å²) in [7, 11) is 0. The molecule has 2 aromatic rings. The van der Waals surface area contributed by atoms with Gasteiger partial charge in [-0.25, -0.2) is 4.39 Å². The number of piperidine rings is 1. The van der Waals surface area contributed by atoms with Crippen LogP contribution in [-0.4, -0.2) is 59.9 Å². The van der Waals surface area contributed by atoms with Crippen LogP contribution in [0.1, 0.15) is 24.0 Å². The number of rotatable bonds is 5. The number of nitrogens with zero attached hydrogens (tertiary/aromatic N) is 3. The van der Waals surface area contributed by atoms with Crippen LogP contribution in [0.15, 0.2) is 48.5 Å². The quantitative estimate of drug-likeness (QED) is 0.717. The van der Waals surface area contributed by atoms with E-state index in [0.29, 0.717) is 17.1 Å². The van der Waals surface area contributed by atoms with Gasteiger partial charge in [0, 0.05) is 55.8 Å². The van der Waals surface area contributed by atoms with Crippen molar-refractivity contribution in [3.8, 4) is 0 Å². The van der Waals surface area contributed by atoms with E-state index in [1.54, 1.807) is 12.1 Å². The number of hydrogen-bond acceptors (Lipinski definition) is 3. The van der Waals surface area contributed by atoms with Crippen LogP contribution in [0.5, 0.6) is 0 Å². The molecule has 0 saturated carbocycles. The van der Waals surface area contributed by atoms with E-state index >= 15 is 0 Å². The van der Waals surface area contributed by atoms with Crippen molar-refractivity contribution in [3.63, 3.8) is 0 Å². The number of likely N-dealkylation sites (tertiary alicyclic amines) is 1. The largest absolute Gasteiger partial charge is 0.340 e. The third kappa shape index (κ3) is 5.20. The summed E-state index contributed by atoms with van der Waals surface area (Å²) in [6, 6.07) is 15.3. The van der Waals surface area contributed by atoms with Crippen molar-refractivity contribution in [3.05, 3.63) is 70.5 Å². The Kier molecular flexibility index (Phi) is 7.03. The fourth-order valence-electron chi connectivity index (χ4n) is 4.47. The fourth-order valence-corrected chi connectivity index (χ4v) is 4.69. The molecule has 0 N–H and O–H groups in total. The third-order valence-corrected chi connectivity index (χ3v) is 6.67. The maximum absolute atomic E-state index is 14.0. The number of hydrogen-bond donors (Lipinski definition) is 0. The van der Waals surface area contributed by atoms with Crippen LogP contribution < -0.4 is 0 Å². The standard InChI is InChI=1S/C24H29ClFN3O/c25-22-7-4-8-23(26)21(22)18-27-11-9-20(10-12-27)24(30)29-15-13-28(14-16-29)17-19-5-2-1-3-6-19/h1-8,20H,9-18H2. The Hall–Kier alpha value is -1.95. The summed E-state index contributed by atoms with van der Waals surface area (Å²) in [4.78, 5) is 19.7. The van der Waals surface area contributed by atoms with Gasteiger partial charge in [-0.1, -0.05) is 48.0 Å². The maximum atomic E-state index is 14.0. The van der Waals surface area contributed by atoms with Crippen molar-refractivity contribution >= 4 is 17.5 Å². The molecule has 2 aromatic carbocycles. The summed E-state index contributed by atoms with van der Waals surface area (Å²) in [5, 5.41) is 0.474. The van der Waals surface area contributed by atoms with Crippen LogP contribution in [0, 0.1) is 11.7 Å². The first-order chi connectivity index (χ1) is 14.6. The van der Waals surface area contributed by atoms with Crippen molar-refractivity contribution < 1.29 is 9.18 Å². The fraction of sp³-hybridized carbons (Fsp3) is 0.458. The zero-order valence-corrected chi connectivity index (χ0v) is 18.0. The van der Waals surface area contributed by atoms with Crippen molar-refractivity contribution in [2.45, 2.75) is 25.9 Å². The van der Waals surface area contributed by atoms with Gasteiger partial charge in [0.1, 0.15) is 5.82 Å². The normalized spacial score (nSPS) is 19.2. The minimum atomic E-state index is -0.255. The van der Waals surface area contributed by atoms with Gasteiger partial charge in [-0.15, -0.1) is 0 Å². The number of carbonyl (C=O) groups is 1. The topological polar surface area (TPSA) is 26.8 Å². The van der Waals surface area contributed by atoms with E-state index in [4.69, 9.17) is 11.6 Å². The zero-order valence-electron chi connectivity index (χ0n) is 17.3. The van der Waals surface area contributed by atoms with Crippen molar-refractivity contribution in [2.75, 3.05) is 39.3 Å². The smallest absolute Gasteiger partial charge is 0.225 e. The molecule has 160 valence electrons. The lowest BCUT2D eigenvalue weighted by atomic mass is 9.94. The van der Waals surface area contributed by atoms with Crippen LogP contribution in [0.25, 0.3) is 0 Å². The van der Waals surface area contributed by atoms with E-state index in [1.165, 1.54) is 11.6 Å². The molecule has 4 nitrogen and oxygen atoms in total. The Morgan fingerprint density at radius 2 is 1.53 bits per heavy atom. The van der Waals surface area contributed by atoms with Crippen LogP contribution in [0.4, 0.5) is 4.39 Å². The van der Waals surface area contributed by atoms with Crippen LogP contribution >= 0.6 is 11.6 Å². The molecule has 4 rings (SSSR count). The molecule has 6 heteroatoms. The van der Waals surface area contributed by atoms with Gasteiger partial charge in [0.25, 0.3) is 0 Å². The lowest BCUT2D eigenvalue weighted by molar-refractivity contribution is -0.139. The minimum Gasteiger partial charge on any atom is -0.340 e. The molecule has 0 spiro atoms. The first-order valence-corrected chi connectivity index (χ1v) is 11.2. The highest BCUT2D eigenvalue weighted by atomic mass is 35.5. The van der Waals surface area contributed by atoms with Gasteiger partial charge < -0.3 is 4.90 Å². The summed E-state index contributed by atoms with van der Waals surface area (Å²) in [6.45, 7) is 6.50. The molecule has 2 heterocycles. The van der Waals surface area contributed by atoms with Crippen molar-refractivity contribution in [2.24, 2.45) is 5.92 Å². The summed E-state index contributed by atoms with van der Waals surface area (Å²) >= 11 is 6.16. The molecule has 0 aliphatic carbocycles. The molecule has 2 saturated heterocycles. The SMILES string of the molecule is O=C(C1CCN(Cc2c(F)cccc2Cl)CC1)N1CCN(Cc2ccccc2)CC1. The second-order valence-corrected chi connectivity index (χ2v) is 8.74. The predicted molar refractivity (Wildman–Crippen MR) is 118 cm³/mol. The molecule has 2 fully saturated rings. The van der Waals surface area contributed by atoms with Crippen molar-refractivity contribution in [1.29, 1.82) is 0 Å². The second-order valence-electron chi connectivity index (χ2n) is 8.34. The van der Waals surface area contributed by atoms with E-state index in [0.717, 1.165) is 58.7 Å². The van der Waals surface area contributed by atoms with Crippen LogP contribution in [0.3, 0.4) is 0 Å². The number of halogens is 2. The van der Waals surface area contributed by atoms with E-state index in [1.807, 2.05) is 11.0 Å². The van der Waals surface area contributed by atoms with Gasteiger partial charge in [0.05, 0.1) is 0 Å². The summed E-state index contributed by atoms with van der Waals surface area (Å²) in [5.74, 6) is 0.116. The van der Waals surface area contributed by atoms with E-state index in [2.05, 4.69) is 34.1 Å². The van der Waals surface area contributed by atoms with Gasteiger partial charge in [-0.3, -0.25) is 14.6 Å². The van der Waals surface area contributed by atoms with Gasteiger partial charge in [-0.05, 0) is 43.6 Å². The average Bonchev–Trinajstić information content (AvgIpc) is 2.78. The Morgan fingerprint density at radius 3 is 2.20 bits per heavy atom. The molecular formula is C24H29ClFN3O. The molecular weight excluding hydrogens is 401 g/mol. The molecule has 0 aromatic heterocycles. The van der Waals surface area contributed by atoms with Crippen molar-refractivity contribution in [1.82, 2.24) is 14.7 Å². The molecule has 30 heavy (non-hydrogen) atoms. The Bertz CT molecular complexity index is 827. The highest BCUT2D eigenvalue weighted by Crippen LogP contribution is 2.25. The lowest BCUT2D eigenvalue weighted by Gasteiger charge is -2.38. The number of piperazine rings is 1. The van der Waals surface area contributed by atoms with Crippen LogP contribution in [-0.2, 0) is 17.9 Å². The second kappa shape index (κ2) is 9.90. The van der Waals surface area contributed by atoms with E-state index in [9.17, 15) is 9.18 Å². The molecule has 0 unspecified atom stereocenters. The Balaban J connectivity index is 1.23. The zero-order chi connectivity index (χ0) is 20.9. The number of benzene rings is 2. The molecule has 2 aliphatic heterocycles. The number of carbonyl (C=O) groups excluding carboxylic acids is 1. The van der Waals surface area contributed by atoms with E-state index in [-0.39, 0.29) is 17.6 Å². The molecule has 0 atom stereocenters. The number of amides is 1. The first kappa shape index (κ1) is 21.3. The summed E-state index contributed by atoms with van der Waals surface area (Å²) in [6.07, 6.45) is 1.66. The van der Waals surface area contributed by atoms with E-state index < -0.39 is 0 Å². The highest BCUT2D eigenvalue weighted by Gasteiger charge is 2.30. The Morgan fingerprint density at radius 1 is 0.867 bits per heavy atom. The molecule has 0 bridgehead atoms. The van der Waals surface area contributed by atoms with Crippen LogP contribution in [0.2, 0.25) is 5.02 Å². The minimum absolute atomic E-state index is 0.0815. The monoisotopic (exact) mass is 429 g/mol.